The zero-order valence-electron chi connectivity index (χ0n) is 11.4. The molecule has 1 aromatic carbocycles. The van der Waals surface area contributed by atoms with E-state index in [2.05, 4.69) is 15.0 Å². The van der Waals surface area contributed by atoms with Crippen molar-refractivity contribution >= 4 is 21.9 Å². The molecule has 0 heterocycles. The maximum Gasteiger partial charge on any atom is 0.264 e. The van der Waals surface area contributed by atoms with E-state index in [-0.39, 0.29) is 23.3 Å². The summed E-state index contributed by atoms with van der Waals surface area (Å²) in [6.07, 6.45) is 0. The van der Waals surface area contributed by atoms with Crippen molar-refractivity contribution in [2.24, 2.45) is 10.7 Å². The average Bonchev–Trinajstić information content (AvgIpc) is 2.34. The predicted molar refractivity (Wildman–Crippen MR) is 76.7 cm³/mol. The fourth-order valence-corrected chi connectivity index (χ4v) is 2.31. The number of hydrogen-bond donors (Lipinski definition) is 3. The van der Waals surface area contributed by atoms with Crippen LogP contribution in [-0.2, 0) is 14.8 Å². The number of amides is 1. The van der Waals surface area contributed by atoms with Crippen LogP contribution in [0, 0.1) is 6.92 Å². The quantitative estimate of drug-likeness (QED) is 0.394. The first-order chi connectivity index (χ1) is 9.31. The molecule has 0 aliphatic heterocycles. The lowest BCUT2D eigenvalue weighted by atomic mass is 10.2. The van der Waals surface area contributed by atoms with E-state index in [0.29, 0.717) is 6.54 Å². The molecule has 0 aliphatic carbocycles. The van der Waals surface area contributed by atoms with Gasteiger partial charge in [-0.3, -0.25) is 9.79 Å². The summed E-state index contributed by atoms with van der Waals surface area (Å²) in [6, 6.07) is 6.36. The van der Waals surface area contributed by atoms with Crippen molar-refractivity contribution in [1.82, 2.24) is 10.0 Å². The number of aryl methyl sites for hydroxylation is 1. The maximum absolute atomic E-state index is 12.0. The first kappa shape index (κ1) is 16.0. The SMILES string of the molecule is CC(=O)NCCN=C(N)NS(=O)(=O)c1ccc(C)cc1. The number of carbonyl (C=O) groups excluding carboxylic acids is 1. The highest BCUT2D eigenvalue weighted by atomic mass is 32.2. The van der Waals surface area contributed by atoms with Gasteiger partial charge >= 0.3 is 0 Å². The van der Waals surface area contributed by atoms with Gasteiger partial charge in [-0.2, -0.15) is 0 Å². The number of hydrogen-bond acceptors (Lipinski definition) is 4. The van der Waals surface area contributed by atoms with Gasteiger partial charge in [0, 0.05) is 13.5 Å². The van der Waals surface area contributed by atoms with E-state index in [1.54, 1.807) is 12.1 Å². The van der Waals surface area contributed by atoms with Gasteiger partial charge in [0.25, 0.3) is 10.0 Å². The maximum atomic E-state index is 12.0. The number of nitrogens with zero attached hydrogens (tertiary/aromatic N) is 1. The van der Waals surface area contributed by atoms with Crippen LogP contribution in [0.2, 0.25) is 0 Å². The van der Waals surface area contributed by atoms with E-state index in [0.717, 1.165) is 5.56 Å². The number of aliphatic imine (C=N–C) groups is 1. The van der Waals surface area contributed by atoms with Crippen LogP contribution in [0.1, 0.15) is 12.5 Å². The number of rotatable bonds is 5. The van der Waals surface area contributed by atoms with Gasteiger partial charge in [0.1, 0.15) is 0 Å². The molecule has 1 rings (SSSR count). The molecule has 7 nitrogen and oxygen atoms in total. The number of carbonyl (C=O) groups is 1. The molecule has 0 radical (unpaired) electrons. The fraction of sp³-hybridized carbons (Fsp3) is 0.333. The number of nitrogens with one attached hydrogen (secondary N) is 2. The highest BCUT2D eigenvalue weighted by molar-refractivity contribution is 7.90. The molecule has 0 bridgehead atoms. The van der Waals surface area contributed by atoms with Crippen LogP contribution in [0.3, 0.4) is 0 Å². The van der Waals surface area contributed by atoms with E-state index in [1.807, 2.05) is 6.92 Å². The highest BCUT2D eigenvalue weighted by Gasteiger charge is 2.14. The van der Waals surface area contributed by atoms with Crippen LogP contribution in [0.4, 0.5) is 0 Å². The minimum absolute atomic E-state index is 0.114. The van der Waals surface area contributed by atoms with Gasteiger partial charge in [-0.25, -0.2) is 13.1 Å². The summed E-state index contributed by atoms with van der Waals surface area (Å²) >= 11 is 0. The zero-order chi connectivity index (χ0) is 15.2. The largest absolute Gasteiger partial charge is 0.369 e. The summed E-state index contributed by atoms with van der Waals surface area (Å²) in [5, 5.41) is 2.52. The average molecular weight is 298 g/mol. The molecule has 0 atom stereocenters. The van der Waals surface area contributed by atoms with Crippen molar-refractivity contribution < 1.29 is 13.2 Å². The Morgan fingerprint density at radius 1 is 1.30 bits per heavy atom. The van der Waals surface area contributed by atoms with Gasteiger partial charge in [0.15, 0.2) is 0 Å². The Morgan fingerprint density at radius 3 is 2.45 bits per heavy atom. The van der Waals surface area contributed by atoms with E-state index in [1.165, 1.54) is 19.1 Å². The first-order valence-electron chi connectivity index (χ1n) is 5.95. The number of benzene rings is 1. The Morgan fingerprint density at radius 2 is 1.90 bits per heavy atom. The second kappa shape index (κ2) is 6.90. The van der Waals surface area contributed by atoms with Gasteiger partial charge in [-0.15, -0.1) is 0 Å². The van der Waals surface area contributed by atoms with Gasteiger partial charge in [0.05, 0.1) is 11.4 Å². The van der Waals surface area contributed by atoms with Crippen molar-refractivity contribution in [2.45, 2.75) is 18.7 Å². The second-order valence-corrected chi connectivity index (χ2v) is 5.85. The van der Waals surface area contributed by atoms with Crippen molar-refractivity contribution in [2.75, 3.05) is 13.1 Å². The van der Waals surface area contributed by atoms with Crippen LogP contribution in [-0.4, -0.2) is 33.4 Å². The lowest BCUT2D eigenvalue weighted by molar-refractivity contribution is -0.118. The van der Waals surface area contributed by atoms with Crippen molar-refractivity contribution in [3.63, 3.8) is 0 Å². The normalized spacial score (nSPS) is 12.0. The summed E-state index contributed by atoms with van der Waals surface area (Å²) in [7, 11) is -3.72. The van der Waals surface area contributed by atoms with E-state index in [9.17, 15) is 13.2 Å². The molecule has 110 valence electrons. The molecule has 0 unspecified atom stereocenters. The van der Waals surface area contributed by atoms with Gasteiger partial charge in [-0.05, 0) is 19.1 Å². The van der Waals surface area contributed by atoms with Crippen molar-refractivity contribution in [1.29, 1.82) is 0 Å². The lowest BCUT2D eigenvalue weighted by Crippen LogP contribution is -2.37. The predicted octanol–water partition coefficient (Wildman–Crippen LogP) is -0.276. The number of sulfonamides is 1. The fourth-order valence-electron chi connectivity index (χ4n) is 1.35. The van der Waals surface area contributed by atoms with E-state index in [4.69, 9.17) is 5.73 Å². The monoisotopic (exact) mass is 298 g/mol. The van der Waals surface area contributed by atoms with E-state index >= 15 is 0 Å². The van der Waals surface area contributed by atoms with Gasteiger partial charge < -0.3 is 11.1 Å². The summed E-state index contributed by atoms with van der Waals surface area (Å²) in [4.78, 5) is 14.6. The molecule has 4 N–H and O–H groups in total. The third kappa shape index (κ3) is 5.27. The molecule has 0 fully saturated rings. The van der Waals surface area contributed by atoms with Crippen LogP contribution < -0.4 is 15.8 Å². The summed E-state index contributed by atoms with van der Waals surface area (Å²) in [5.41, 5.74) is 6.45. The molecule has 1 aromatic rings. The Hall–Kier alpha value is -2.09. The standard InChI is InChI=1S/C12H18N4O3S/c1-9-3-5-11(6-4-9)20(18,19)16-12(13)15-8-7-14-10(2)17/h3-6H,7-8H2,1-2H3,(H,14,17)(H3,13,15,16). The molecule has 1 amide bonds. The van der Waals surface area contributed by atoms with Crippen LogP contribution >= 0.6 is 0 Å². The minimum Gasteiger partial charge on any atom is -0.369 e. The number of guanidine groups is 1. The lowest BCUT2D eigenvalue weighted by Gasteiger charge is -2.07. The van der Waals surface area contributed by atoms with E-state index < -0.39 is 10.0 Å². The Bertz CT molecular complexity index is 594. The second-order valence-electron chi connectivity index (χ2n) is 4.17. The highest BCUT2D eigenvalue weighted by Crippen LogP contribution is 2.09. The molecule has 8 heteroatoms. The minimum atomic E-state index is -3.72. The smallest absolute Gasteiger partial charge is 0.264 e. The molecule has 0 saturated carbocycles. The molecule has 0 spiro atoms. The van der Waals surface area contributed by atoms with Crippen molar-refractivity contribution in [3.8, 4) is 0 Å². The molecular weight excluding hydrogens is 280 g/mol. The molecule has 20 heavy (non-hydrogen) atoms. The molecule has 0 aromatic heterocycles. The summed E-state index contributed by atoms with van der Waals surface area (Å²) in [6.45, 7) is 3.74. The summed E-state index contributed by atoms with van der Waals surface area (Å²) < 4.78 is 26.1. The van der Waals surface area contributed by atoms with Crippen LogP contribution in [0.25, 0.3) is 0 Å². The van der Waals surface area contributed by atoms with Gasteiger partial charge in [0.2, 0.25) is 11.9 Å². The molecular formula is C12H18N4O3S. The molecule has 0 saturated heterocycles. The third-order valence-electron chi connectivity index (χ3n) is 2.34. The van der Waals surface area contributed by atoms with Crippen LogP contribution in [0.15, 0.2) is 34.2 Å². The Balaban J connectivity index is 2.63. The number of nitrogens with two attached hydrogens (primary N) is 1. The molecule has 0 aliphatic rings. The summed E-state index contributed by atoms with van der Waals surface area (Å²) in [5.74, 6) is -0.394. The van der Waals surface area contributed by atoms with Crippen molar-refractivity contribution in [3.05, 3.63) is 29.8 Å². The Kier molecular flexibility index (Phi) is 5.51. The first-order valence-corrected chi connectivity index (χ1v) is 7.43. The third-order valence-corrected chi connectivity index (χ3v) is 3.71. The zero-order valence-corrected chi connectivity index (χ0v) is 12.2. The Labute approximate surface area is 118 Å². The van der Waals surface area contributed by atoms with Gasteiger partial charge in [-0.1, -0.05) is 17.7 Å². The topological polar surface area (TPSA) is 114 Å². The van der Waals surface area contributed by atoms with Crippen LogP contribution in [0.5, 0.6) is 0 Å².